The van der Waals surface area contributed by atoms with Crippen LogP contribution in [0.1, 0.15) is 12.5 Å². The Kier molecular flexibility index (Phi) is 5.66. The lowest BCUT2D eigenvalue weighted by Crippen LogP contribution is -2.13. The van der Waals surface area contributed by atoms with Crippen LogP contribution < -0.4 is 0 Å². The Labute approximate surface area is 136 Å². The maximum atomic E-state index is 12.4. The molecule has 0 amide bonds. The lowest BCUT2D eigenvalue weighted by atomic mass is 10.1. The second kappa shape index (κ2) is 7.70. The molecule has 0 atom stereocenters. The van der Waals surface area contributed by atoms with Crippen LogP contribution in [-0.4, -0.2) is 20.0 Å². The highest BCUT2D eigenvalue weighted by molar-refractivity contribution is 7.91. The number of carbonyl (C=O) groups is 1. The molecule has 23 heavy (non-hydrogen) atoms. The highest BCUT2D eigenvalue weighted by atomic mass is 32.2. The number of ketones is 1. The zero-order valence-electron chi connectivity index (χ0n) is 12.8. The number of carbonyl (C=O) groups excluding carboxylic acids is 1. The first kappa shape index (κ1) is 16.9. The molecule has 118 valence electrons. The molecule has 0 fully saturated rings. The largest absolute Gasteiger partial charge is 0.295 e. The van der Waals surface area contributed by atoms with Crippen molar-refractivity contribution < 1.29 is 13.2 Å². The van der Waals surface area contributed by atoms with Crippen LogP contribution >= 0.6 is 0 Å². The summed E-state index contributed by atoms with van der Waals surface area (Å²) >= 11 is 0. The highest BCUT2D eigenvalue weighted by Gasteiger charge is 2.18. The molecule has 0 aliphatic carbocycles. The van der Waals surface area contributed by atoms with Crippen molar-refractivity contribution in [3.8, 4) is 0 Å². The average molecular weight is 326 g/mol. The molecule has 0 aliphatic heterocycles. The molecule has 0 radical (unpaired) electrons. The van der Waals surface area contributed by atoms with Crippen LogP contribution in [0.5, 0.6) is 0 Å². The van der Waals surface area contributed by atoms with Gasteiger partial charge in [0, 0.05) is 5.57 Å². The van der Waals surface area contributed by atoms with Crippen molar-refractivity contribution in [2.45, 2.75) is 11.8 Å². The molecule has 2 aromatic carbocycles. The minimum Gasteiger partial charge on any atom is -0.295 e. The van der Waals surface area contributed by atoms with Gasteiger partial charge in [-0.2, -0.15) is 0 Å². The maximum absolute atomic E-state index is 12.4. The highest BCUT2D eigenvalue weighted by Crippen LogP contribution is 2.14. The van der Waals surface area contributed by atoms with Crippen molar-refractivity contribution in [2.24, 2.45) is 0 Å². The van der Waals surface area contributed by atoms with Gasteiger partial charge in [0.05, 0.1) is 10.6 Å². The van der Waals surface area contributed by atoms with E-state index in [1.54, 1.807) is 30.4 Å². The van der Waals surface area contributed by atoms with Crippen LogP contribution in [0.25, 0.3) is 6.08 Å². The van der Waals surface area contributed by atoms with Crippen LogP contribution in [0.4, 0.5) is 0 Å². The van der Waals surface area contributed by atoms with Gasteiger partial charge >= 0.3 is 0 Å². The maximum Gasteiger partial charge on any atom is 0.182 e. The van der Waals surface area contributed by atoms with Gasteiger partial charge in [0.1, 0.15) is 0 Å². The number of benzene rings is 2. The van der Waals surface area contributed by atoms with Gasteiger partial charge in [-0.05, 0) is 24.6 Å². The van der Waals surface area contributed by atoms with Gasteiger partial charge in [-0.1, -0.05) is 66.8 Å². The number of hydrogen-bond acceptors (Lipinski definition) is 3. The van der Waals surface area contributed by atoms with E-state index in [-0.39, 0.29) is 22.0 Å². The van der Waals surface area contributed by atoms with E-state index in [2.05, 4.69) is 0 Å². The Bertz CT molecular complexity index is 817. The SMILES string of the molecule is CC(=O)/C(=C/C=C/c1ccccc1)CS(=O)(=O)c1ccccc1. The molecular formula is C19H18O3S. The van der Waals surface area contributed by atoms with E-state index >= 15 is 0 Å². The predicted molar refractivity (Wildman–Crippen MR) is 92.7 cm³/mol. The van der Waals surface area contributed by atoms with Gasteiger partial charge in [-0.25, -0.2) is 8.42 Å². The Balaban J connectivity index is 2.21. The number of Topliss-reactive ketones (excluding diaryl/α,β-unsaturated/α-hetero) is 1. The zero-order chi connectivity index (χ0) is 16.7. The standard InChI is InChI=1S/C19H18O3S/c1-16(20)18(12-8-11-17-9-4-2-5-10-17)15-23(21,22)19-13-6-3-7-14-19/h2-14H,15H2,1H3/b11-8+,18-12+. The van der Waals surface area contributed by atoms with Crippen LogP contribution in [0.15, 0.2) is 83.3 Å². The van der Waals surface area contributed by atoms with Gasteiger partial charge in [0.15, 0.2) is 15.6 Å². The summed E-state index contributed by atoms with van der Waals surface area (Å²) in [6, 6.07) is 17.8. The average Bonchev–Trinajstić information content (AvgIpc) is 2.55. The van der Waals surface area contributed by atoms with E-state index in [1.807, 2.05) is 36.4 Å². The summed E-state index contributed by atoms with van der Waals surface area (Å²) in [7, 11) is -3.52. The van der Waals surface area contributed by atoms with E-state index in [1.165, 1.54) is 19.1 Å². The summed E-state index contributed by atoms with van der Waals surface area (Å²) in [5, 5.41) is 0. The van der Waals surface area contributed by atoms with Crippen LogP contribution in [0.2, 0.25) is 0 Å². The number of sulfone groups is 1. The normalized spacial score (nSPS) is 12.5. The molecule has 3 nitrogen and oxygen atoms in total. The molecule has 0 aromatic heterocycles. The van der Waals surface area contributed by atoms with E-state index in [4.69, 9.17) is 0 Å². The summed E-state index contributed by atoms with van der Waals surface area (Å²) in [5.41, 5.74) is 1.25. The second-order valence-corrected chi connectivity index (χ2v) is 7.08. The van der Waals surface area contributed by atoms with E-state index < -0.39 is 9.84 Å². The predicted octanol–water partition coefficient (Wildman–Crippen LogP) is 3.69. The van der Waals surface area contributed by atoms with Crippen molar-refractivity contribution in [1.29, 1.82) is 0 Å². The van der Waals surface area contributed by atoms with Crippen molar-refractivity contribution >= 4 is 21.7 Å². The Morgan fingerprint density at radius 3 is 2.09 bits per heavy atom. The second-order valence-electron chi connectivity index (χ2n) is 5.09. The fourth-order valence-electron chi connectivity index (χ4n) is 2.02. The fourth-order valence-corrected chi connectivity index (χ4v) is 3.47. The van der Waals surface area contributed by atoms with Gasteiger partial charge in [0.2, 0.25) is 0 Å². The van der Waals surface area contributed by atoms with Gasteiger partial charge in [-0.3, -0.25) is 4.79 Å². The third-order valence-electron chi connectivity index (χ3n) is 3.29. The molecular weight excluding hydrogens is 308 g/mol. The third kappa shape index (κ3) is 5.04. The molecule has 2 rings (SSSR count). The van der Waals surface area contributed by atoms with E-state index in [0.29, 0.717) is 0 Å². The van der Waals surface area contributed by atoms with Gasteiger partial charge < -0.3 is 0 Å². The molecule has 0 spiro atoms. The Morgan fingerprint density at radius 2 is 1.52 bits per heavy atom. The van der Waals surface area contributed by atoms with E-state index in [9.17, 15) is 13.2 Å². The monoisotopic (exact) mass is 326 g/mol. The topological polar surface area (TPSA) is 51.2 Å². The summed E-state index contributed by atoms with van der Waals surface area (Å²) in [5.74, 6) is -0.548. The number of hydrogen-bond donors (Lipinski definition) is 0. The summed E-state index contributed by atoms with van der Waals surface area (Å²) in [4.78, 5) is 12.0. The molecule has 0 saturated heterocycles. The third-order valence-corrected chi connectivity index (χ3v) is 4.97. The molecule has 2 aromatic rings. The summed E-state index contributed by atoms with van der Waals surface area (Å²) in [6.07, 6.45) is 5.10. The smallest absolute Gasteiger partial charge is 0.182 e. The van der Waals surface area contributed by atoms with Crippen LogP contribution in [0.3, 0.4) is 0 Å². The number of allylic oxidation sites excluding steroid dienone is 2. The quantitative estimate of drug-likeness (QED) is 0.601. The van der Waals surface area contributed by atoms with Crippen molar-refractivity contribution in [2.75, 3.05) is 5.75 Å². The molecule has 0 unspecified atom stereocenters. The van der Waals surface area contributed by atoms with Crippen molar-refractivity contribution in [1.82, 2.24) is 0 Å². The van der Waals surface area contributed by atoms with Crippen LogP contribution in [0, 0.1) is 0 Å². The van der Waals surface area contributed by atoms with Gasteiger partial charge in [-0.15, -0.1) is 0 Å². The fraction of sp³-hybridized carbons (Fsp3) is 0.105. The molecule has 0 saturated carbocycles. The minimum absolute atomic E-state index is 0.221. The Morgan fingerprint density at radius 1 is 0.957 bits per heavy atom. The van der Waals surface area contributed by atoms with E-state index in [0.717, 1.165) is 5.56 Å². The molecule has 0 heterocycles. The van der Waals surface area contributed by atoms with Crippen molar-refractivity contribution in [3.05, 3.63) is 84.0 Å². The van der Waals surface area contributed by atoms with Gasteiger partial charge in [0.25, 0.3) is 0 Å². The minimum atomic E-state index is -3.52. The molecule has 4 heteroatoms. The number of rotatable bonds is 6. The molecule has 0 N–H and O–H groups in total. The first-order chi connectivity index (χ1) is 11.0. The zero-order valence-corrected chi connectivity index (χ0v) is 13.7. The lowest BCUT2D eigenvalue weighted by molar-refractivity contribution is -0.113. The Hall–Kier alpha value is -2.46. The summed E-state index contributed by atoms with van der Waals surface area (Å²) in [6.45, 7) is 1.38. The lowest BCUT2D eigenvalue weighted by Gasteiger charge is -2.05. The molecule has 0 bridgehead atoms. The summed E-state index contributed by atoms with van der Waals surface area (Å²) < 4.78 is 24.7. The van der Waals surface area contributed by atoms with Crippen LogP contribution in [-0.2, 0) is 14.6 Å². The first-order valence-corrected chi connectivity index (χ1v) is 8.85. The molecule has 0 aliphatic rings. The van der Waals surface area contributed by atoms with Crippen molar-refractivity contribution in [3.63, 3.8) is 0 Å². The first-order valence-electron chi connectivity index (χ1n) is 7.20.